The number of aliphatic hydroxyl groups is 1. The van der Waals surface area contributed by atoms with Gasteiger partial charge in [0, 0.05) is 30.5 Å². The number of nitrogens with zero attached hydrogens (tertiary/aromatic N) is 2. The summed E-state index contributed by atoms with van der Waals surface area (Å²) < 4.78 is 0. The predicted octanol–water partition coefficient (Wildman–Crippen LogP) is 3.24. The van der Waals surface area contributed by atoms with E-state index in [0.717, 1.165) is 24.2 Å². The fraction of sp³-hybridized carbons (Fsp3) is 0.231. The van der Waals surface area contributed by atoms with Crippen LogP contribution in [-0.2, 0) is 0 Å². The van der Waals surface area contributed by atoms with Crippen molar-refractivity contribution in [2.45, 2.75) is 6.42 Å². The van der Waals surface area contributed by atoms with E-state index in [1.807, 2.05) is 24.3 Å². The molecule has 0 radical (unpaired) electrons. The Morgan fingerprint density at radius 1 is 1.05 bits per heavy atom. The summed E-state index contributed by atoms with van der Waals surface area (Å²) in [6.07, 6.45) is 0.717. The maximum Gasteiger partial charge on any atom is 0.162 e. The fourth-order valence-electron chi connectivity index (χ4n) is 1.57. The third-order valence-corrected chi connectivity index (χ3v) is 2.86. The van der Waals surface area contributed by atoms with Crippen LogP contribution in [0, 0.1) is 0 Å². The van der Waals surface area contributed by atoms with Crippen molar-refractivity contribution in [3.05, 3.63) is 40.6 Å². The molecular weight excluding hydrogens is 285 g/mol. The quantitative estimate of drug-likeness (QED) is 0.657. The van der Waals surface area contributed by atoms with Crippen molar-refractivity contribution in [2.24, 2.45) is 0 Å². The van der Waals surface area contributed by atoms with Gasteiger partial charge in [0.1, 0.15) is 10.3 Å². The van der Waals surface area contributed by atoms with Gasteiger partial charge in [-0.15, -0.1) is 0 Å². The first kappa shape index (κ1) is 14.1. The van der Waals surface area contributed by atoms with Gasteiger partial charge in [0.2, 0.25) is 0 Å². The molecule has 0 bridgehead atoms. The third kappa shape index (κ3) is 4.06. The zero-order valence-electron chi connectivity index (χ0n) is 10.1. The number of nitrogens with one attached hydrogen (secondary N) is 1. The van der Waals surface area contributed by atoms with Crippen LogP contribution in [-0.4, -0.2) is 28.2 Å². The van der Waals surface area contributed by atoms with E-state index in [2.05, 4.69) is 15.3 Å². The van der Waals surface area contributed by atoms with E-state index in [1.165, 1.54) is 6.07 Å². The molecule has 0 amide bonds. The molecule has 6 heteroatoms. The number of anilines is 1. The van der Waals surface area contributed by atoms with Gasteiger partial charge in [0.15, 0.2) is 5.82 Å². The summed E-state index contributed by atoms with van der Waals surface area (Å²) >= 11 is 11.7. The van der Waals surface area contributed by atoms with E-state index in [4.69, 9.17) is 28.3 Å². The van der Waals surface area contributed by atoms with Crippen LogP contribution in [0.15, 0.2) is 30.3 Å². The minimum atomic E-state index is 0.180. The molecule has 0 saturated heterocycles. The van der Waals surface area contributed by atoms with Gasteiger partial charge in [-0.25, -0.2) is 9.97 Å². The lowest BCUT2D eigenvalue weighted by Crippen LogP contribution is -2.03. The van der Waals surface area contributed by atoms with Crippen LogP contribution in [0.1, 0.15) is 6.42 Å². The van der Waals surface area contributed by atoms with E-state index in [9.17, 15) is 0 Å². The monoisotopic (exact) mass is 297 g/mol. The lowest BCUT2D eigenvalue weighted by molar-refractivity contribution is 0.292. The highest BCUT2D eigenvalue weighted by atomic mass is 35.5. The molecule has 0 aliphatic rings. The van der Waals surface area contributed by atoms with Gasteiger partial charge in [-0.05, 0) is 30.7 Å². The lowest BCUT2D eigenvalue weighted by atomic mass is 10.2. The minimum Gasteiger partial charge on any atom is -0.396 e. The van der Waals surface area contributed by atoms with Crippen molar-refractivity contribution in [3.8, 4) is 11.4 Å². The van der Waals surface area contributed by atoms with Crippen molar-refractivity contribution < 1.29 is 5.11 Å². The third-order valence-electron chi connectivity index (χ3n) is 2.47. The number of hydrogen-bond acceptors (Lipinski definition) is 4. The van der Waals surface area contributed by atoms with Crippen molar-refractivity contribution >= 4 is 28.9 Å². The molecule has 4 nitrogen and oxygen atoms in total. The second kappa shape index (κ2) is 6.70. The van der Waals surface area contributed by atoms with Gasteiger partial charge in [-0.1, -0.05) is 23.2 Å². The smallest absolute Gasteiger partial charge is 0.162 e. The van der Waals surface area contributed by atoms with Crippen LogP contribution in [0.5, 0.6) is 0 Å². The Kier molecular flexibility index (Phi) is 4.96. The molecule has 1 aromatic heterocycles. The summed E-state index contributed by atoms with van der Waals surface area (Å²) in [5.41, 5.74) is 1.82. The van der Waals surface area contributed by atoms with Gasteiger partial charge < -0.3 is 10.4 Å². The largest absolute Gasteiger partial charge is 0.396 e. The Morgan fingerprint density at radius 2 is 1.68 bits per heavy atom. The highest BCUT2D eigenvalue weighted by Crippen LogP contribution is 2.21. The second-order valence-corrected chi connectivity index (χ2v) is 4.69. The molecule has 0 aliphatic heterocycles. The topological polar surface area (TPSA) is 58.0 Å². The van der Waals surface area contributed by atoms with E-state index in [-0.39, 0.29) is 6.61 Å². The standard InChI is InChI=1S/C13H13Cl2N3O/c14-11-8-12(15)18-13(17-11)9-2-4-10(5-3-9)16-6-1-7-19/h2-5,8,16,19H,1,6-7H2. The number of rotatable bonds is 5. The molecule has 2 N–H and O–H groups in total. The summed E-state index contributed by atoms with van der Waals surface area (Å²) in [7, 11) is 0. The molecule has 1 heterocycles. The van der Waals surface area contributed by atoms with Gasteiger partial charge >= 0.3 is 0 Å². The zero-order chi connectivity index (χ0) is 13.7. The fourth-order valence-corrected chi connectivity index (χ4v) is 1.99. The average Bonchev–Trinajstić information content (AvgIpc) is 2.39. The Balaban J connectivity index is 2.13. The second-order valence-electron chi connectivity index (χ2n) is 3.92. The van der Waals surface area contributed by atoms with E-state index in [0.29, 0.717) is 16.1 Å². The van der Waals surface area contributed by atoms with Crippen LogP contribution in [0.4, 0.5) is 5.69 Å². The highest BCUT2D eigenvalue weighted by Gasteiger charge is 2.04. The number of benzene rings is 1. The first-order chi connectivity index (χ1) is 9.19. The Hall–Kier alpha value is -1.36. The number of hydrogen-bond donors (Lipinski definition) is 2. The van der Waals surface area contributed by atoms with Crippen molar-refractivity contribution in [3.63, 3.8) is 0 Å². The maximum absolute atomic E-state index is 8.71. The van der Waals surface area contributed by atoms with Gasteiger partial charge in [0.25, 0.3) is 0 Å². The summed E-state index contributed by atoms with van der Waals surface area (Å²) in [6.45, 7) is 0.912. The van der Waals surface area contributed by atoms with Crippen LogP contribution < -0.4 is 5.32 Å². The minimum absolute atomic E-state index is 0.180. The maximum atomic E-state index is 8.71. The van der Waals surface area contributed by atoms with Crippen LogP contribution >= 0.6 is 23.2 Å². The Bertz CT molecular complexity index is 526. The molecule has 0 unspecified atom stereocenters. The summed E-state index contributed by atoms with van der Waals surface area (Å²) in [6, 6.07) is 9.12. The molecule has 0 saturated carbocycles. The highest BCUT2D eigenvalue weighted by molar-refractivity contribution is 6.33. The first-order valence-corrected chi connectivity index (χ1v) is 6.60. The van der Waals surface area contributed by atoms with Crippen LogP contribution in [0.25, 0.3) is 11.4 Å². The average molecular weight is 298 g/mol. The lowest BCUT2D eigenvalue weighted by Gasteiger charge is -2.06. The number of aromatic nitrogens is 2. The molecule has 2 rings (SSSR count). The number of halogens is 2. The van der Waals surface area contributed by atoms with Crippen LogP contribution in [0.3, 0.4) is 0 Å². The molecule has 100 valence electrons. The zero-order valence-corrected chi connectivity index (χ0v) is 11.6. The summed E-state index contributed by atoms with van der Waals surface area (Å²) in [5, 5.41) is 12.5. The first-order valence-electron chi connectivity index (χ1n) is 5.84. The van der Waals surface area contributed by atoms with Gasteiger partial charge in [-0.3, -0.25) is 0 Å². The van der Waals surface area contributed by atoms with E-state index >= 15 is 0 Å². The molecule has 2 aromatic rings. The SMILES string of the molecule is OCCCNc1ccc(-c2nc(Cl)cc(Cl)n2)cc1. The molecule has 19 heavy (non-hydrogen) atoms. The van der Waals surface area contributed by atoms with E-state index < -0.39 is 0 Å². The molecular formula is C13H13Cl2N3O. The van der Waals surface area contributed by atoms with Gasteiger partial charge in [-0.2, -0.15) is 0 Å². The van der Waals surface area contributed by atoms with Gasteiger partial charge in [0.05, 0.1) is 0 Å². The molecule has 0 fully saturated rings. The molecule has 0 aliphatic carbocycles. The summed E-state index contributed by atoms with van der Waals surface area (Å²) in [5.74, 6) is 0.499. The normalized spacial score (nSPS) is 10.5. The van der Waals surface area contributed by atoms with Crippen LogP contribution in [0.2, 0.25) is 10.3 Å². The molecule has 0 atom stereocenters. The number of aliphatic hydroxyl groups excluding tert-OH is 1. The summed E-state index contributed by atoms with van der Waals surface area (Å²) in [4.78, 5) is 8.25. The molecule has 0 spiro atoms. The molecule has 1 aromatic carbocycles. The van der Waals surface area contributed by atoms with E-state index in [1.54, 1.807) is 0 Å². The Morgan fingerprint density at radius 3 is 2.26 bits per heavy atom. The van der Waals surface area contributed by atoms with Crippen molar-refractivity contribution in [2.75, 3.05) is 18.5 Å². The van der Waals surface area contributed by atoms with Crippen molar-refractivity contribution in [1.82, 2.24) is 9.97 Å². The Labute approximate surface area is 121 Å². The van der Waals surface area contributed by atoms with Crippen molar-refractivity contribution in [1.29, 1.82) is 0 Å². The predicted molar refractivity (Wildman–Crippen MR) is 77.7 cm³/mol.